The zero-order chi connectivity index (χ0) is 26.5. The number of hydrogen-bond acceptors (Lipinski definition) is 8. The van der Waals surface area contributed by atoms with E-state index in [0.717, 1.165) is 50.7 Å². The minimum absolute atomic E-state index is 0.230. The van der Waals surface area contributed by atoms with Crippen LogP contribution in [0.25, 0.3) is 11.1 Å². The Morgan fingerprint density at radius 2 is 1.43 bits per heavy atom. The van der Waals surface area contributed by atoms with Crippen LogP contribution in [0.15, 0.2) is 66.1 Å². The lowest BCUT2D eigenvalue weighted by molar-refractivity contribution is -0.154. The number of carbonyl (C=O) groups is 2. The molecule has 2 aromatic carbocycles. The highest BCUT2D eigenvalue weighted by molar-refractivity contribution is 5.89. The van der Waals surface area contributed by atoms with Crippen LogP contribution in [0.3, 0.4) is 0 Å². The molecule has 8 nitrogen and oxygen atoms in total. The summed E-state index contributed by atoms with van der Waals surface area (Å²) < 4.78 is 15.4. The molecular formula is C29H36O8. The number of aliphatic hydroxyl groups excluding tert-OH is 3. The van der Waals surface area contributed by atoms with Crippen LogP contribution in [-0.2, 0) is 19.1 Å². The molecule has 0 fully saturated rings. The lowest BCUT2D eigenvalue weighted by Crippen LogP contribution is -2.33. The Morgan fingerprint density at radius 3 is 2.05 bits per heavy atom. The van der Waals surface area contributed by atoms with Crippen LogP contribution in [-0.4, -0.2) is 52.7 Å². The highest BCUT2D eigenvalue weighted by Crippen LogP contribution is 2.23. The normalized spacial score (nSPS) is 15.9. The van der Waals surface area contributed by atoms with E-state index in [-0.39, 0.29) is 6.42 Å². The maximum absolute atomic E-state index is 11.8. The first-order valence-electron chi connectivity index (χ1n) is 12.9. The summed E-state index contributed by atoms with van der Waals surface area (Å²) in [5, 5.41) is 28.7. The SMILES string of the molecule is O=C(CCCCCCCCCCOc1ccc(-c2ccccc2)cc1)OC[C@H](O)[C@H]1OC(=O)C(O)=C1O. The van der Waals surface area contributed by atoms with Crippen LogP contribution in [0.4, 0.5) is 0 Å². The van der Waals surface area contributed by atoms with Crippen molar-refractivity contribution in [2.45, 2.75) is 70.0 Å². The van der Waals surface area contributed by atoms with E-state index in [0.29, 0.717) is 13.0 Å². The number of hydrogen-bond donors (Lipinski definition) is 3. The number of cyclic esters (lactones) is 1. The fourth-order valence-corrected chi connectivity index (χ4v) is 4.06. The monoisotopic (exact) mass is 512 g/mol. The Hall–Kier alpha value is -3.52. The van der Waals surface area contributed by atoms with Crippen molar-refractivity contribution < 1.29 is 39.1 Å². The smallest absolute Gasteiger partial charge is 0.377 e. The lowest BCUT2D eigenvalue weighted by atomic mass is 10.1. The number of benzene rings is 2. The van der Waals surface area contributed by atoms with Gasteiger partial charge in [0, 0.05) is 6.42 Å². The Morgan fingerprint density at radius 1 is 0.838 bits per heavy atom. The third-order valence-electron chi connectivity index (χ3n) is 6.21. The summed E-state index contributed by atoms with van der Waals surface area (Å²) in [5.41, 5.74) is 2.37. The third kappa shape index (κ3) is 9.13. The van der Waals surface area contributed by atoms with Gasteiger partial charge in [0.1, 0.15) is 18.5 Å². The zero-order valence-corrected chi connectivity index (χ0v) is 21.0. The van der Waals surface area contributed by atoms with Gasteiger partial charge in [-0.1, -0.05) is 81.0 Å². The summed E-state index contributed by atoms with van der Waals surface area (Å²) in [4.78, 5) is 23.0. The van der Waals surface area contributed by atoms with Crippen LogP contribution in [0.5, 0.6) is 5.75 Å². The average Bonchev–Trinajstić information content (AvgIpc) is 3.18. The van der Waals surface area contributed by atoms with E-state index < -0.39 is 42.3 Å². The van der Waals surface area contributed by atoms with Gasteiger partial charge in [0.15, 0.2) is 11.9 Å². The summed E-state index contributed by atoms with van der Waals surface area (Å²) in [7, 11) is 0. The molecule has 0 unspecified atom stereocenters. The number of carbonyl (C=O) groups excluding carboxylic acids is 2. The average molecular weight is 513 g/mol. The second-order valence-electron chi connectivity index (χ2n) is 9.13. The number of unbranched alkanes of at least 4 members (excludes halogenated alkanes) is 7. The summed E-state index contributed by atoms with van der Waals surface area (Å²) in [6.45, 7) is 0.276. The number of ether oxygens (including phenoxy) is 3. The van der Waals surface area contributed by atoms with E-state index >= 15 is 0 Å². The summed E-state index contributed by atoms with van der Waals surface area (Å²) in [5.74, 6) is -2.38. The van der Waals surface area contributed by atoms with Crippen molar-refractivity contribution in [3.63, 3.8) is 0 Å². The molecule has 2 aromatic rings. The molecule has 2 atom stereocenters. The van der Waals surface area contributed by atoms with Gasteiger partial charge in [-0.2, -0.15) is 0 Å². The van der Waals surface area contributed by atoms with E-state index in [2.05, 4.69) is 29.0 Å². The molecule has 1 heterocycles. The van der Waals surface area contributed by atoms with Crippen LogP contribution in [0, 0.1) is 0 Å². The molecule has 1 aliphatic heterocycles. The van der Waals surface area contributed by atoms with Crippen molar-refractivity contribution in [3.8, 4) is 16.9 Å². The topological polar surface area (TPSA) is 123 Å². The zero-order valence-electron chi connectivity index (χ0n) is 21.0. The van der Waals surface area contributed by atoms with Crippen molar-refractivity contribution in [2.75, 3.05) is 13.2 Å². The minimum Gasteiger partial charge on any atom is -0.505 e. The Bertz CT molecular complexity index is 1020. The molecule has 8 heteroatoms. The minimum atomic E-state index is -1.44. The first-order chi connectivity index (χ1) is 18.0. The van der Waals surface area contributed by atoms with E-state index in [1.165, 1.54) is 11.1 Å². The van der Waals surface area contributed by atoms with Crippen LogP contribution >= 0.6 is 0 Å². The van der Waals surface area contributed by atoms with Gasteiger partial charge >= 0.3 is 11.9 Å². The van der Waals surface area contributed by atoms with Crippen LogP contribution < -0.4 is 4.74 Å². The number of rotatable bonds is 16. The molecule has 0 saturated carbocycles. The summed E-state index contributed by atoms with van der Waals surface area (Å²) in [6, 6.07) is 18.5. The molecule has 0 amide bonds. The highest BCUT2D eigenvalue weighted by atomic mass is 16.6. The van der Waals surface area contributed by atoms with Gasteiger partial charge in [-0.05, 0) is 36.1 Å². The van der Waals surface area contributed by atoms with E-state index in [9.17, 15) is 24.9 Å². The first-order valence-corrected chi connectivity index (χ1v) is 12.9. The maximum atomic E-state index is 11.8. The lowest BCUT2D eigenvalue weighted by Gasteiger charge is -2.17. The van der Waals surface area contributed by atoms with E-state index in [1.54, 1.807) is 0 Å². The van der Waals surface area contributed by atoms with Crippen molar-refractivity contribution in [2.24, 2.45) is 0 Å². The van der Waals surface area contributed by atoms with Crippen LogP contribution in [0.2, 0.25) is 0 Å². The summed E-state index contributed by atoms with van der Waals surface area (Å²) >= 11 is 0. The Balaban J connectivity index is 1.13. The predicted molar refractivity (Wildman–Crippen MR) is 138 cm³/mol. The molecule has 0 aromatic heterocycles. The molecule has 3 N–H and O–H groups in total. The van der Waals surface area contributed by atoms with Gasteiger partial charge < -0.3 is 29.5 Å². The molecule has 0 spiro atoms. The molecule has 37 heavy (non-hydrogen) atoms. The molecule has 0 radical (unpaired) electrons. The van der Waals surface area contributed by atoms with Crippen molar-refractivity contribution in [3.05, 3.63) is 66.1 Å². The van der Waals surface area contributed by atoms with Gasteiger partial charge in [-0.25, -0.2) is 4.79 Å². The Kier molecular flexibility index (Phi) is 11.3. The fraction of sp³-hybridized carbons (Fsp3) is 0.448. The second-order valence-corrected chi connectivity index (χ2v) is 9.13. The third-order valence-corrected chi connectivity index (χ3v) is 6.21. The van der Waals surface area contributed by atoms with Crippen molar-refractivity contribution >= 4 is 11.9 Å². The Labute approximate surface area is 217 Å². The first kappa shape index (κ1) is 28.1. The largest absolute Gasteiger partial charge is 0.505 e. The standard InChI is InChI=1S/C29H36O8/c30-24(28-26(32)27(33)29(34)37-28)20-36-25(31)14-10-5-3-1-2-4-6-11-19-35-23-17-15-22(16-18-23)21-12-8-7-9-13-21/h7-9,12-13,15-18,24,28,30,32-33H,1-6,10-11,14,19-20H2/t24-,28+/m0/s1. The van der Waals surface area contributed by atoms with Gasteiger partial charge in [0.2, 0.25) is 5.76 Å². The molecule has 1 aliphatic rings. The molecule has 0 saturated heterocycles. The number of aliphatic hydroxyl groups is 3. The van der Waals surface area contributed by atoms with Gasteiger partial charge in [-0.3, -0.25) is 4.79 Å². The van der Waals surface area contributed by atoms with Gasteiger partial charge in [-0.15, -0.1) is 0 Å². The van der Waals surface area contributed by atoms with Crippen molar-refractivity contribution in [1.82, 2.24) is 0 Å². The molecule has 0 bridgehead atoms. The number of esters is 2. The van der Waals surface area contributed by atoms with Crippen molar-refractivity contribution in [1.29, 1.82) is 0 Å². The van der Waals surface area contributed by atoms with Gasteiger partial charge in [0.05, 0.1) is 6.61 Å². The van der Waals surface area contributed by atoms with Crippen LogP contribution in [0.1, 0.15) is 57.8 Å². The van der Waals surface area contributed by atoms with Gasteiger partial charge in [0.25, 0.3) is 0 Å². The fourth-order valence-electron chi connectivity index (χ4n) is 4.06. The maximum Gasteiger partial charge on any atom is 0.377 e. The predicted octanol–water partition coefficient (Wildman–Crippen LogP) is 5.40. The molecule has 3 rings (SSSR count). The summed E-state index contributed by atoms with van der Waals surface area (Å²) in [6.07, 6.45) is 5.56. The molecule has 200 valence electrons. The molecular weight excluding hydrogens is 476 g/mol. The van der Waals surface area contributed by atoms with E-state index in [1.807, 2.05) is 30.3 Å². The highest BCUT2D eigenvalue weighted by Gasteiger charge is 2.39. The quantitative estimate of drug-likeness (QED) is 0.202. The second kappa shape index (κ2) is 14.9. The van der Waals surface area contributed by atoms with E-state index in [4.69, 9.17) is 9.47 Å². The molecule has 0 aliphatic carbocycles.